The Balaban J connectivity index is 1.81. The zero-order valence-corrected chi connectivity index (χ0v) is 18.4. The molecule has 31 heavy (non-hydrogen) atoms. The number of amides is 1. The highest BCUT2D eigenvalue weighted by Crippen LogP contribution is 2.40. The Morgan fingerprint density at radius 1 is 1.19 bits per heavy atom. The molecule has 4 rings (SSSR count). The van der Waals surface area contributed by atoms with E-state index in [2.05, 4.69) is 13.8 Å². The number of aliphatic hydroxyl groups is 1. The number of likely N-dealkylation sites (tertiary alicyclic amines) is 1. The molecule has 5 nitrogen and oxygen atoms in total. The number of nitrogens with zero attached hydrogens (tertiary/aromatic N) is 1. The van der Waals surface area contributed by atoms with Crippen molar-refractivity contribution in [3.8, 4) is 0 Å². The number of aliphatic hydroxyl groups excluding tert-OH is 1. The summed E-state index contributed by atoms with van der Waals surface area (Å²) in [5.74, 6) is -1.15. The van der Waals surface area contributed by atoms with Crippen molar-refractivity contribution in [1.82, 2.24) is 4.90 Å². The zero-order chi connectivity index (χ0) is 22.1. The van der Waals surface area contributed by atoms with Crippen molar-refractivity contribution in [3.63, 3.8) is 0 Å². The number of halogens is 1. The summed E-state index contributed by atoms with van der Waals surface area (Å²) in [4.78, 5) is 27.6. The van der Waals surface area contributed by atoms with E-state index in [-0.39, 0.29) is 17.4 Å². The Hall–Kier alpha value is -2.63. The summed E-state index contributed by atoms with van der Waals surface area (Å²) in [6, 6.07) is 13.8. The summed E-state index contributed by atoms with van der Waals surface area (Å²) >= 11 is 6.09. The first-order valence-electron chi connectivity index (χ1n) is 10.6. The van der Waals surface area contributed by atoms with E-state index >= 15 is 0 Å². The summed E-state index contributed by atoms with van der Waals surface area (Å²) < 4.78 is 5.73. The highest BCUT2D eigenvalue weighted by atomic mass is 35.5. The van der Waals surface area contributed by atoms with E-state index in [9.17, 15) is 14.7 Å². The second kappa shape index (κ2) is 8.85. The van der Waals surface area contributed by atoms with E-state index in [1.165, 1.54) is 0 Å². The van der Waals surface area contributed by atoms with Crippen molar-refractivity contribution in [2.75, 3.05) is 13.2 Å². The molecule has 0 spiro atoms. The monoisotopic (exact) mass is 439 g/mol. The summed E-state index contributed by atoms with van der Waals surface area (Å²) in [5, 5.41) is 11.5. The van der Waals surface area contributed by atoms with Gasteiger partial charge in [0.25, 0.3) is 11.7 Å². The van der Waals surface area contributed by atoms with Gasteiger partial charge in [0.2, 0.25) is 0 Å². The topological polar surface area (TPSA) is 66.8 Å². The second-order valence-corrected chi connectivity index (χ2v) is 8.85. The molecule has 2 aliphatic heterocycles. The average molecular weight is 440 g/mol. The summed E-state index contributed by atoms with van der Waals surface area (Å²) in [7, 11) is 0. The Kier molecular flexibility index (Phi) is 6.17. The number of hydrogen-bond acceptors (Lipinski definition) is 4. The first-order valence-corrected chi connectivity index (χ1v) is 11.0. The largest absolute Gasteiger partial charge is 0.507 e. The van der Waals surface area contributed by atoms with Gasteiger partial charge in [0.1, 0.15) is 5.76 Å². The molecule has 2 aromatic carbocycles. The first kappa shape index (κ1) is 21.6. The molecule has 2 aromatic rings. The number of rotatable bonds is 5. The minimum absolute atomic E-state index is 0.0857. The van der Waals surface area contributed by atoms with Crippen molar-refractivity contribution in [1.29, 1.82) is 0 Å². The van der Waals surface area contributed by atoms with Gasteiger partial charge >= 0.3 is 0 Å². The fourth-order valence-corrected chi connectivity index (χ4v) is 4.47. The van der Waals surface area contributed by atoms with Crippen LogP contribution >= 0.6 is 11.6 Å². The van der Waals surface area contributed by atoms with Crippen LogP contribution in [-0.4, -0.2) is 41.0 Å². The lowest BCUT2D eigenvalue weighted by Crippen LogP contribution is -2.36. The average Bonchev–Trinajstić information content (AvgIpc) is 3.36. The summed E-state index contributed by atoms with van der Waals surface area (Å²) in [6.07, 6.45) is 1.67. The fourth-order valence-electron chi connectivity index (χ4n) is 4.28. The Morgan fingerprint density at radius 3 is 2.55 bits per heavy atom. The minimum Gasteiger partial charge on any atom is -0.507 e. The van der Waals surface area contributed by atoms with Crippen LogP contribution in [0.4, 0.5) is 0 Å². The highest BCUT2D eigenvalue weighted by Gasteiger charge is 2.47. The third kappa shape index (κ3) is 4.25. The molecular formula is C25H26ClNO4. The summed E-state index contributed by atoms with van der Waals surface area (Å²) in [5.41, 5.74) is 2.44. The van der Waals surface area contributed by atoms with E-state index < -0.39 is 17.7 Å². The second-order valence-electron chi connectivity index (χ2n) is 8.42. The van der Waals surface area contributed by atoms with Crippen LogP contribution in [-0.2, 0) is 14.3 Å². The lowest BCUT2D eigenvalue weighted by molar-refractivity contribution is -0.140. The van der Waals surface area contributed by atoms with Crippen LogP contribution < -0.4 is 0 Å². The van der Waals surface area contributed by atoms with E-state index in [1.807, 2.05) is 24.3 Å². The molecule has 0 radical (unpaired) electrons. The molecule has 0 bridgehead atoms. The van der Waals surface area contributed by atoms with Gasteiger partial charge in [-0.3, -0.25) is 9.59 Å². The molecule has 2 saturated heterocycles. The van der Waals surface area contributed by atoms with Gasteiger partial charge in [-0.15, -0.1) is 0 Å². The van der Waals surface area contributed by atoms with Crippen molar-refractivity contribution in [3.05, 3.63) is 75.8 Å². The molecule has 162 valence electrons. The van der Waals surface area contributed by atoms with Gasteiger partial charge in [-0.25, -0.2) is 0 Å². The Morgan fingerprint density at radius 2 is 1.94 bits per heavy atom. The molecule has 0 aromatic heterocycles. The first-order chi connectivity index (χ1) is 14.9. The number of carbonyl (C=O) groups is 2. The van der Waals surface area contributed by atoms with E-state index in [0.29, 0.717) is 29.7 Å². The number of benzene rings is 2. The molecule has 1 amide bonds. The van der Waals surface area contributed by atoms with Crippen molar-refractivity contribution < 1.29 is 19.4 Å². The van der Waals surface area contributed by atoms with Crippen LogP contribution in [0.5, 0.6) is 0 Å². The van der Waals surface area contributed by atoms with Gasteiger partial charge < -0.3 is 14.7 Å². The zero-order valence-electron chi connectivity index (χ0n) is 17.7. The maximum Gasteiger partial charge on any atom is 0.295 e. The van der Waals surface area contributed by atoms with E-state index in [4.69, 9.17) is 16.3 Å². The summed E-state index contributed by atoms with van der Waals surface area (Å²) in [6.45, 7) is 5.19. The molecule has 2 heterocycles. The molecule has 2 aliphatic rings. The van der Waals surface area contributed by atoms with Crippen LogP contribution in [0.1, 0.15) is 55.3 Å². The van der Waals surface area contributed by atoms with Crippen molar-refractivity contribution in [2.45, 2.75) is 44.8 Å². The van der Waals surface area contributed by atoms with Crippen LogP contribution in [0, 0.1) is 0 Å². The van der Waals surface area contributed by atoms with Gasteiger partial charge in [0.05, 0.1) is 17.7 Å². The number of ketones is 1. The Labute approximate surface area is 187 Å². The van der Waals surface area contributed by atoms with Crippen molar-refractivity contribution in [2.24, 2.45) is 0 Å². The highest BCUT2D eigenvalue weighted by molar-refractivity contribution is 6.46. The standard InChI is InChI=1S/C25H26ClNO4/c1-15(2)16-8-10-17(11-9-16)22-21(23(28)18-5-3-6-19(26)13-18)24(29)25(30)27(22)14-20-7-4-12-31-20/h3,5-6,8-11,13,15,20,22,28H,4,7,12,14H2,1-2H3/b23-21-. The Bertz CT molecular complexity index is 1020. The van der Waals surface area contributed by atoms with Crippen LogP contribution in [0.15, 0.2) is 54.1 Å². The molecule has 1 N–H and O–H groups in total. The van der Waals surface area contributed by atoms with Gasteiger partial charge in [0, 0.05) is 23.7 Å². The van der Waals surface area contributed by atoms with Crippen LogP contribution in [0.2, 0.25) is 5.02 Å². The van der Waals surface area contributed by atoms with E-state index in [1.54, 1.807) is 29.2 Å². The fraction of sp³-hybridized carbons (Fsp3) is 0.360. The molecule has 6 heteroatoms. The number of ether oxygens (including phenoxy) is 1. The molecular weight excluding hydrogens is 414 g/mol. The number of hydrogen-bond donors (Lipinski definition) is 1. The number of Topliss-reactive ketones (excluding diaryl/α,β-unsaturated/α-hetero) is 1. The van der Waals surface area contributed by atoms with Gasteiger partial charge in [-0.05, 0) is 42.0 Å². The maximum atomic E-state index is 13.1. The van der Waals surface area contributed by atoms with Crippen LogP contribution in [0.25, 0.3) is 5.76 Å². The minimum atomic E-state index is -0.687. The lowest BCUT2D eigenvalue weighted by Gasteiger charge is -2.27. The molecule has 0 aliphatic carbocycles. The van der Waals surface area contributed by atoms with Gasteiger partial charge in [-0.2, -0.15) is 0 Å². The number of carbonyl (C=O) groups excluding carboxylic acids is 2. The van der Waals surface area contributed by atoms with Gasteiger partial charge in [0.15, 0.2) is 0 Å². The third-order valence-electron chi connectivity index (χ3n) is 5.98. The normalized spacial score (nSPS) is 23.2. The maximum absolute atomic E-state index is 13.1. The molecule has 0 saturated carbocycles. The molecule has 2 atom stereocenters. The van der Waals surface area contributed by atoms with E-state index in [0.717, 1.165) is 24.0 Å². The predicted octanol–water partition coefficient (Wildman–Crippen LogP) is 5.06. The third-order valence-corrected chi connectivity index (χ3v) is 6.22. The quantitative estimate of drug-likeness (QED) is 0.401. The van der Waals surface area contributed by atoms with Gasteiger partial charge in [-0.1, -0.05) is 61.8 Å². The smallest absolute Gasteiger partial charge is 0.295 e. The van der Waals surface area contributed by atoms with Crippen molar-refractivity contribution >= 4 is 29.1 Å². The SMILES string of the molecule is CC(C)c1ccc(C2/C(=C(/O)c3cccc(Cl)c3)C(=O)C(=O)N2CC2CCCO2)cc1. The lowest BCUT2D eigenvalue weighted by atomic mass is 9.93. The predicted molar refractivity (Wildman–Crippen MR) is 120 cm³/mol. The molecule has 2 unspecified atom stereocenters. The molecule has 2 fully saturated rings. The van der Waals surface area contributed by atoms with Crippen LogP contribution in [0.3, 0.4) is 0 Å².